The predicted molar refractivity (Wildman–Crippen MR) is 72.5 cm³/mol. The third-order valence-electron chi connectivity index (χ3n) is 4.28. The first-order valence-corrected chi connectivity index (χ1v) is 6.81. The standard InChI is InChI=1S/C16H20O2/c1-18-12-7-5-11-6-9-15-14(13(11)10-8-12)3-2-4-16(15)17/h2-3,6,9,12,16-17H,4-5,7-8,10H2,1H3. The van der Waals surface area contributed by atoms with Gasteiger partial charge in [0.2, 0.25) is 0 Å². The third kappa shape index (κ3) is 2.00. The molecule has 0 aliphatic heterocycles. The zero-order valence-corrected chi connectivity index (χ0v) is 10.9. The van der Waals surface area contributed by atoms with E-state index in [1.807, 2.05) is 0 Å². The van der Waals surface area contributed by atoms with E-state index in [9.17, 15) is 5.11 Å². The Balaban J connectivity index is 2.01. The third-order valence-corrected chi connectivity index (χ3v) is 4.28. The molecule has 0 aromatic heterocycles. The maximum absolute atomic E-state index is 10.1. The fourth-order valence-electron chi connectivity index (χ4n) is 3.19. The number of aliphatic hydroxyl groups excluding tert-OH is 1. The first kappa shape index (κ1) is 11.9. The first-order valence-electron chi connectivity index (χ1n) is 6.81. The zero-order valence-electron chi connectivity index (χ0n) is 10.9. The van der Waals surface area contributed by atoms with Crippen LogP contribution >= 0.6 is 0 Å². The Labute approximate surface area is 108 Å². The lowest BCUT2D eigenvalue weighted by Crippen LogP contribution is -2.10. The number of hydrogen-bond donors (Lipinski definition) is 1. The molecule has 1 N–H and O–H groups in total. The summed E-state index contributed by atoms with van der Waals surface area (Å²) in [6.07, 6.45) is 9.42. The van der Waals surface area contributed by atoms with Crippen LogP contribution in [-0.4, -0.2) is 18.3 Å². The van der Waals surface area contributed by atoms with E-state index in [-0.39, 0.29) is 6.10 Å². The second kappa shape index (κ2) is 4.87. The molecule has 0 fully saturated rings. The number of benzene rings is 1. The highest BCUT2D eigenvalue weighted by atomic mass is 16.5. The molecule has 0 bridgehead atoms. The number of aryl methyl sites for hydroxylation is 1. The topological polar surface area (TPSA) is 29.5 Å². The molecule has 0 saturated carbocycles. The molecule has 0 heterocycles. The monoisotopic (exact) mass is 244 g/mol. The fraction of sp³-hybridized carbons (Fsp3) is 0.500. The molecular formula is C16H20O2. The number of ether oxygens (including phenoxy) is 1. The average molecular weight is 244 g/mol. The molecule has 18 heavy (non-hydrogen) atoms. The lowest BCUT2D eigenvalue weighted by molar-refractivity contribution is 0.0907. The normalized spacial score (nSPS) is 26.3. The number of aliphatic hydroxyl groups is 1. The summed E-state index contributed by atoms with van der Waals surface area (Å²) in [4.78, 5) is 0. The average Bonchev–Trinajstić information content (AvgIpc) is 2.61. The summed E-state index contributed by atoms with van der Waals surface area (Å²) in [5.41, 5.74) is 5.24. The number of methoxy groups -OCH3 is 1. The van der Waals surface area contributed by atoms with Gasteiger partial charge in [-0.25, -0.2) is 0 Å². The van der Waals surface area contributed by atoms with E-state index in [4.69, 9.17) is 4.74 Å². The molecule has 2 heteroatoms. The van der Waals surface area contributed by atoms with Crippen LogP contribution in [0.5, 0.6) is 0 Å². The minimum absolute atomic E-state index is 0.322. The Morgan fingerprint density at radius 3 is 2.89 bits per heavy atom. The van der Waals surface area contributed by atoms with E-state index in [2.05, 4.69) is 24.3 Å². The fourth-order valence-corrected chi connectivity index (χ4v) is 3.19. The van der Waals surface area contributed by atoms with Gasteiger partial charge in [-0.15, -0.1) is 0 Å². The Morgan fingerprint density at radius 1 is 1.22 bits per heavy atom. The summed E-state index contributed by atoms with van der Waals surface area (Å²) >= 11 is 0. The highest BCUT2D eigenvalue weighted by molar-refractivity contribution is 5.63. The second-order valence-corrected chi connectivity index (χ2v) is 5.30. The van der Waals surface area contributed by atoms with Crippen molar-refractivity contribution in [2.75, 3.05) is 7.11 Å². The zero-order chi connectivity index (χ0) is 12.5. The van der Waals surface area contributed by atoms with Crippen LogP contribution < -0.4 is 0 Å². The molecule has 96 valence electrons. The summed E-state index contributed by atoms with van der Waals surface area (Å²) < 4.78 is 5.50. The molecule has 0 saturated heterocycles. The van der Waals surface area contributed by atoms with Crippen LogP contribution in [0.25, 0.3) is 6.08 Å². The molecule has 2 atom stereocenters. The van der Waals surface area contributed by atoms with Crippen molar-refractivity contribution in [1.29, 1.82) is 0 Å². The molecular weight excluding hydrogens is 224 g/mol. The minimum Gasteiger partial charge on any atom is -0.388 e. The Hall–Kier alpha value is -1.12. The second-order valence-electron chi connectivity index (χ2n) is 5.30. The lowest BCUT2D eigenvalue weighted by atomic mass is 9.87. The van der Waals surface area contributed by atoms with Gasteiger partial charge in [0.15, 0.2) is 0 Å². The highest BCUT2D eigenvalue weighted by Crippen LogP contribution is 2.34. The van der Waals surface area contributed by atoms with Gasteiger partial charge in [-0.2, -0.15) is 0 Å². The quantitative estimate of drug-likeness (QED) is 0.769. The van der Waals surface area contributed by atoms with E-state index < -0.39 is 0 Å². The molecule has 0 spiro atoms. The summed E-state index contributed by atoms with van der Waals surface area (Å²) in [5.74, 6) is 0. The maximum Gasteiger partial charge on any atom is 0.0830 e. The van der Waals surface area contributed by atoms with E-state index in [1.165, 1.54) is 16.7 Å². The molecule has 1 aromatic rings. The van der Waals surface area contributed by atoms with Crippen molar-refractivity contribution in [2.45, 2.75) is 44.3 Å². The Kier molecular flexibility index (Phi) is 3.23. The van der Waals surface area contributed by atoms with Crippen LogP contribution in [0.3, 0.4) is 0 Å². The van der Waals surface area contributed by atoms with Gasteiger partial charge in [0.1, 0.15) is 0 Å². The molecule has 0 amide bonds. The summed E-state index contributed by atoms with van der Waals surface area (Å²) in [5, 5.41) is 10.1. The minimum atomic E-state index is -0.322. The van der Waals surface area contributed by atoms with Crippen LogP contribution in [0.1, 0.15) is 47.6 Å². The smallest absolute Gasteiger partial charge is 0.0830 e. The molecule has 2 nitrogen and oxygen atoms in total. The number of hydrogen-bond acceptors (Lipinski definition) is 2. The lowest BCUT2D eigenvalue weighted by Gasteiger charge is -2.21. The van der Waals surface area contributed by atoms with Crippen LogP contribution in [-0.2, 0) is 17.6 Å². The van der Waals surface area contributed by atoms with Gasteiger partial charge >= 0.3 is 0 Å². The molecule has 2 aliphatic rings. The van der Waals surface area contributed by atoms with Crippen molar-refractivity contribution in [3.63, 3.8) is 0 Å². The van der Waals surface area contributed by atoms with Crippen molar-refractivity contribution < 1.29 is 9.84 Å². The van der Waals surface area contributed by atoms with E-state index in [0.717, 1.165) is 37.7 Å². The van der Waals surface area contributed by atoms with Crippen molar-refractivity contribution in [2.24, 2.45) is 0 Å². The maximum atomic E-state index is 10.1. The van der Waals surface area contributed by atoms with Gasteiger partial charge in [0, 0.05) is 7.11 Å². The van der Waals surface area contributed by atoms with E-state index >= 15 is 0 Å². The largest absolute Gasteiger partial charge is 0.388 e. The van der Waals surface area contributed by atoms with E-state index in [0.29, 0.717) is 6.10 Å². The summed E-state index contributed by atoms with van der Waals surface area (Å²) in [6.45, 7) is 0. The van der Waals surface area contributed by atoms with Crippen molar-refractivity contribution in [3.8, 4) is 0 Å². The summed E-state index contributed by atoms with van der Waals surface area (Å²) in [6, 6.07) is 4.31. The van der Waals surface area contributed by atoms with Crippen LogP contribution in [0, 0.1) is 0 Å². The Bertz CT molecular complexity index is 476. The van der Waals surface area contributed by atoms with Crippen molar-refractivity contribution >= 4 is 6.08 Å². The van der Waals surface area contributed by atoms with Gasteiger partial charge in [-0.05, 0) is 54.4 Å². The molecule has 2 unspecified atom stereocenters. The molecule has 1 aromatic carbocycles. The van der Waals surface area contributed by atoms with Gasteiger partial charge in [0.05, 0.1) is 12.2 Å². The van der Waals surface area contributed by atoms with Crippen LogP contribution in [0.15, 0.2) is 18.2 Å². The van der Waals surface area contributed by atoms with Gasteiger partial charge in [0.25, 0.3) is 0 Å². The van der Waals surface area contributed by atoms with Crippen LogP contribution in [0.4, 0.5) is 0 Å². The SMILES string of the molecule is COC1CCc2ccc3c(c2CC1)C=CCC3O. The molecule has 3 rings (SSSR count). The number of rotatable bonds is 1. The van der Waals surface area contributed by atoms with E-state index in [1.54, 1.807) is 7.11 Å². The first-order chi connectivity index (χ1) is 8.79. The van der Waals surface area contributed by atoms with Crippen molar-refractivity contribution in [3.05, 3.63) is 40.5 Å². The van der Waals surface area contributed by atoms with Gasteiger partial charge < -0.3 is 9.84 Å². The van der Waals surface area contributed by atoms with Crippen molar-refractivity contribution in [1.82, 2.24) is 0 Å². The number of fused-ring (bicyclic) bond motifs is 3. The van der Waals surface area contributed by atoms with Gasteiger partial charge in [-0.1, -0.05) is 24.3 Å². The molecule has 2 aliphatic carbocycles. The Morgan fingerprint density at radius 2 is 2.06 bits per heavy atom. The van der Waals surface area contributed by atoms with Crippen LogP contribution in [0.2, 0.25) is 0 Å². The summed E-state index contributed by atoms with van der Waals surface area (Å²) in [7, 11) is 1.81. The molecule has 0 radical (unpaired) electrons. The van der Waals surface area contributed by atoms with Gasteiger partial charge in [-0.3, -0.25) is 0 Å². The highest BCUT2D eigenvalue weighted by Gasteiger charge is 2.22. The predicted octanol–water partition coefficient (Wildman–Crippen LogP) is 3.03.